The molecule has 0 saturated carbocycles. The Labute approximate surface area is 99.4 Å². The van der Waals surface area contributed by atoms with Crippen LogP contribution in [0, 0.1) is 12.8 Å². The molecule has 0 bridgehead atoms. The Morgan fingerprint density at radius 1 is 0.875 bits per heavy atom. The summed E-state index contributed by atoms with van der Waals surface area (Å²) >= 11 is 0. The zero-order valence-electron chi connectivity index (χ0n) is 10.9. The molecule has 86 valence electrons. The number of hydrogen-bond acceptors (Lipinski definition) is 0. The minimum atomic E-state index is 0.726. The molecule has 0 nitrogen and oxygen atoms in total. The van der Waals surface area contributed by atoms with Gasteiger partial charge >= 0.3 is 0 Å². The van der Waals surface area contributed by atoms with Crippen molar-refractivity contribution in [2.45, 2.75) is 46.5 Å². The van der Waals surface area contributed by atoms with Gasteiger partial charge in [0.15, 0.2) is 0 Å². The van der Waals surface area contributed by atoms with E-state index in [0.717, 1.165) is 11.8 Å². The van der Waals surface area contributed by atoms with E-state index in [9.17, 15) is 0 Å². The Balaban J connectivity index is 2.25. The summed E-state index contributed by atoms with van der Waals surface area (Å²) < 4.78 is 0. The van der Waals surface area contributed by atoms with Crippen molar-refractivity contribution in [3.05, 3.63) is 46.5 Å². The maximum absolute atomic E-state index is 2.39. The summed E-state index contributed by atoms with van der Waals surface area (Å²) in [6.45, 7) is 9.13. The van der Waals surface area contributed by atoms with Gasteiger partial charge in [-0.05, 0) is 51.0 Å². The first-order valence-corrected chi connectivity index (χ1v) is 6.29. The molecule has 0 amide bonds. The van der Waals surface area contributed by atoms with Gasteiger partial charge in [0.1, 0.15) is 0 Å². The molecule has 0 saturated heterocycles. The average molecular weight is 214 g/mol. The number of aryl methyl sites for hydroxylation is 1. The van der Waals surface area contributed by atoms with E-state index in [4.69, 9.17) is 0 Å². The van der Waals surface area contributed by atoms with Gasteiger partial charge < -0.3 is 0 Å². The predicted octanol–water partition coefficient (Wildman–Crippen LogP) is 4.84. The Hall–Kier alpha value is -1.04. The lowest BCUT2D eigenvalue weighted by atomic mass is 9.74. The molecule has 0 aliphatic heterocycles. The normalized spacial score (nSPS) is 26.0. The van der Waals surface area contributed by atoms with E-state index < -0.39 is 0 Å². The summed E-state index contributed by atoms with van der Waals surface area (Å²) in [6.07, 6.45) is 2.51. The van der Waals surface area contributed by atoms with Crippen molar-refractivity contribution in [1.29, 1.82) is 0 Å². The van der Waals surface area contributed by atoms with Crippen LogP contribution < -0.4 is 0 Å². The topological polar surface area (TPSA) is 0 Å². The first-order valence-electron chi connectivity index (χ1n) is 6.29. The minimum Gasteiger partial charge on any atom is -0.0741 e. The molecule has 0 spiro atoms. The molecular formula is C16H22. The maximum atomic E-state index is 2.39. The van der Waals surface area contributed by atoms with E-state index in [1.54, 1.807) is 11.1 Å². The van der Waals surface area contributed by atoms with Gasteiger partial charge in [-0.1, -0.05) is 47.9 Å². The summed E-state index contributed by atoms with van der Waals surface area (Å²) in [5.74, 6) is 1.51. The maximum Gasteiger partial charge on any atom is -0.00960 e. The highest BCUT2D eigenvalue weighted by atomic mass is 14.3. The van der Waals surface area contributed by atoms with Crippen molar-refractivity contribution >= 4 is 0 Å². The van der Waals surface area contributed by atoms with E-state index in [1.165, 1.54) is 24.0 Å². The Morgan fingerprint density at radius 3 is 2.06 bits per heavy atom. The highest BCUT2D eigenvalue weighted by Crippen LogP contribution is 2.40. The Kier molecular flexibility index (Phi) is 3.18. The molecule has 0 heteroatoms. The molecule has 0 N–H and O–H groups in total. The summed E-state index contributed by atoms with van der Waals surface area (Å²) in [7, 11) is 0. The average Bonchev–Trinajstić information content (AvgIpc) is 2.25. The van der Waals surface area contributed by atoms with Gasteiger partial charge in [-0.2, -0.15) is 0 Å². The number of hydrogen-bond donors (Lipinski definition) is 0. The van der Waals surface area contributed by atoms with Crippen LogP contribution in [0.3, 0.4) is 0 Å². The third kappa shape index (κ3) is 2.21. The van der Waals surface area contributed by atoms with Crippen LogP contribution in [0.15, 0.2) is 35.4 Å². The lowest BCUT2D eigenvalue weighted by molar-refractivity contribution is 0.424. The van der Waals surface area contributed by atoms with Crippen molar-refractivity contribution < 1.29 is 0 Å². The van der Waals surface area contributed by atoms with E-state index in [0.29, 0.717) is 0 Å². The third-order valence-electron chi connectivity index (χ3n) is 4.08. The smallest absolute Gasteiger partial charge is 0.00960 e. The summed E-state index contributed by atoms with van der Waals surface area (Å²) in [5.41, 5.74) is 6.08. The summed E-state index contributed by atoms with van der Waals surface area (Å²) in [6, 6.07) is 9.10. The largest absolute Gasteiger partial charge is 0.0741 e. The van der Waals surface area contributed by atoms with Crippen molar-refractivity contribution in [1.82, 2.24) is 0 Å². The van der Waals surface area contributed by atoms with Gasteiger partial charge in [-0.25, -0.2) is 0 Å². The highest BCUT2D eigenvalue weighted by Gasteiger charge is 2.24. The second-order valence-corrected chi connectivity index (χ2v) is 5.46. The second kappa shape index (κ2) is 4.45. The Morgan fingerprint density at radius 2 is 1.44 bits per heavy atom. The fourth-order valence-electron chi connectivity index (χ4n) is 2.76. The molecule has 0 unspecified atom stereocenters. The van der Waals surface area contributed by atoms with Gasteiger partial charge in [-0.15, -0.1) is 0 Å². The monoisotopic (exact) mass is 214 g/mol. The van der Waals surface area contributed by atoms with E-state index in [2.05, 4.69) is 52.0 Å². The molecular weight excluding hydrogens is 192 g/mol. The molecule has 0 heterocycles. The van der Waals surface area contributed by atoms with Crippen LogP contribution in [0.2, 0.25) is 0 Å². The summed E-state index contributed by atoms with van der Waals surface area (Å²) in [4.78, 5) is 0. The molecule has 1 aromatic carbocycles. The molecule has 16 heavy (non-hydrogen) atoms. The minimum absolute atomic E-state index is 0.726. The SMILES string of the molecule is CC1=C(C)C[C@H](C)[C@@H](c2ccc(C)cc2)C1. The van der Waals surface area contributed by atoms with Crippen LogP contribution in [0.4, 0.5) is 0 Å². The molecule has 1 aliphatic rings. The fourth-order valence-corrected chi connectivity index (χ4v) is 2.76. The molecule has 0 radical (unpaired) electrons. The van der Waals surface area contributed by atoms with Crippen LogP contribution >= 0.6 is 0 Å². The van der Waals surface area contributed by atoms with Crippen LogP contribution in [-0.2, 0) is 0 Å². The van der Waals surface area contributed by atoms with Gasteiger partial charge in [0.2, 0.25) is 0 Å². The van der Waals surface area contributed by atoms with Crippen molar-refractivity contribution in [2.24, 2.45) is 5.92 Å². The second-order valence-electron chi connectivity index (χ2n) is 5.46. The van der Waals surface area contributed by atoms with E-state index in [1.807, 2.05) is 0 Å². The van der Waals surface area contributed by atoms with Gasteiger partial charge in [0.25, 0.3) is 0 Å². The molecule has 2 atom stereocenters. The molecule has 1 aromatic rings. The first-order chi connectivity index (χ1) is 7.58. The highest BCUT2D eigenvalue weighted by molar-refractivity contribution is 5.29. The van der Waals surface area contributed by atoms with E-state index in [-0.39, 0.29) is 0 Å². The van der Waals surface area contributed by atoms with Crippen LogP contribution in [0.1, 0.15) is 50.7 Å². The lowest BCUT2D eigenvalue weighted by Crippen LogP contribution is -2.16. The lowest BCUT2D eigenvalue weighted by Gasteiger charge is -2.31. The third-order valence-corrected chi connectivity index (χ3v) is 4.08. The molecule has 0 fully saturated rings. The Bertz CT molecular complexity index is 395. The van der Waals surface area contributed by atoms with Crippen LogP contribution in [-0.4, -0.2) is 0 Å². The molecule has 0 aromatic heterocycles. The first kappa shape index (κ1) is 11.4. The zero-order valence-corrected chi connectivity index (χ0v) is 10.9. The fraction of sp³-hybridized carbons (Fsp3) is 0.500. The predicted molar refractivity (Wildman–Crippen MR) is 70.7 cm³/mol. The van der Waals surface area contributed by atoms with Crippen molar-refractivity contribution in [3.8, 4) is 0 Å². The van der Waals surface area contributed by atoms with Gasteiger partial charge in [0, 0.05) is 0 Å². The van der Waals surface area contributed by atoms with E-state index >= 15 is 0 Å². The van der Waals surface area contributed by atoms with Crippen LogP contribution in [0.5, 0.6) is 0 Å². The number of rotatable bonds is 1. The van der Waals surface area contributed by atoms with Crippen molar-refractivity contribution in [3.63, 3.8) is 0 Å². The van der Waals surface area contributed by atoms with Gasteiger partial charge in [0.05, 0.1) is 0 Å². The zero-order chi connectivity index (χ0) is 11.7. The molecule has 1 aliphatic carbocycles. The number of benzene rings is 1. The number of allylic oxidation sites excluding steroid dienone is 2. The quantitative estimate of drug-likeness (QED) is 0.586. The van der Waals surface area contributed by atoms with Crippen molar-refractivity contribution in [2.75, 3.05) is 0 Å². The van der Waals surface area contributed by atoms with Gasteiger partial charge in [-0.3, -0.25) is 0 Å². The van der Waals surface area contributed by atoms with Crippen LogP contribution in [0.25, 0.3) is 0 Å². The standard InChI is InChI=1S/C16H22/c1-11-5-7-15(8-6-11)16-10-13(3)12(2)9-14(16)4/h5-8,14,16H,9-10H2,1-4H3/t14-,16-/m0/s1. The summed E-state index contributed by atoms with van der Waals surface area (Å²) in [5, 5.41) is 0. The molecule has 2 rings (SSSR count).